The van der Waals surface area contributed by atoms with Crippen LogP contribution in [0.5, 0.6) is 0 Å². The number of carbonyl (C=O) groups is 1. The van der Waals surface area contributed by atoms with E-state index >= 15 is 0 Å². The first-order chi connectivity index (χ1) is 4.68. The van der Waals surface area contributed by atoms with Gasteiger partial charge in [0.15, 0.2) is 0 Å². The molecule has 0 aliphatic heterocycles. The number of nitrogens with two attached hydrogens (primary N) is 2. The fourth-order valence-corrected chi connectivity index (χ4v) is 0.757. The van der Waals surface area contributed by atoms with Gasteiger partial charge >= 0.3 is 0 Å². The molecule has 0 fully saturated rings. The van der Waals surface area contributed by atoms with Gasteiger partial charge in [-0.3, -0.25) is 4.79 Å². The van der Waals surface area contributed by atoms with E-state index in [9.17, 15) is 4.79 Å². The average Bonchev–Trinajstić information content (AvgIpc) is 1.88. The minimum Gasteiger partial charge on any atom is -0.368 e. The van der Waals surface area contributed by atoms with Crippen LogP contribution in [0, 0.1) is 0 Å². The molecule has 1 atom stereocenters. The first kappa shape index (κ1) is 9.43. The molecule has 0 heterocycles. The summed E-state index contributed by atoms with van der Waals surface area (Å²) < 4.78 is 0. The molecule has 4 N–H and O–H groups in total. The van der Waals surface area contributed by atoms with Crippen LogP contribution in [-0.4, -0.2) is 11.9 Å². The highest BCUT2D eigenvalue weighted by atomic mass is 16.1. The molecule has 0 radical (unpaired) electrons. The molecule has 0 bridgehead atoms. The van der Waals surface area contributed by atoms with Crippen LogP contribution in [0.15, 0.2) is 0 Å². The SMILES string of the molecule is CCCCCC(N)C(N)=O. The van der Waals surface area contributed by atoms with Gasteiger partial charge in [0, 0.05) is 0 Å². The summed E-state index contributed by atoms with van der Waals surface area (Å²) in [5.41, 5.74) is 10.3. The van der Waals surface area contributed by atoms with Gasteiger partial charge in [-0.1, -0.05) is 26.2 Å². The zero-order valence-corrected chi connectivity index (χ0v) is 6.47. The Hall–Kier alpha value is -0.570. The van der Waals surface area contributed by atoms with Gasteiger partial charge in [-0.2, -0.15) is 0 Å². The fraction of sp³-hybridized carbons (Fsp3) is 0.857. The minimum absolute atomic E-state index is 0.392. The van der Waals surface area contributed by atoms with E-state index in [0.29, 0.717) is 0 Å². The molecule has 1 unspecified atom stereocenters. The molecule has 1 amide bonds. The number of primary amides is 1. The fourth-order valence-electron chi connectivity index (χ4n) is 0.757. The molecule has 0 rings (SSSR count). The van der Waals surface area contributed by atoms with Crippen molar-refractivity contribution in [2.75, 3.05) is 0 Å². The van der Waals surface area contributed by atoms with E-state index in [0.717, 1.165) is 25.7 Å². The Labute approximate surface area is 61.8 Å². The van der Waals surface area contributed by atoms with Gasteiger partial charge in [-0.05, 0) is 6.42 Å². The maximum Gasteiger partial charge on any atom is 0.234 e. The first-order valence-electron chi connectivity index (χ1n) is 3.73. The van der Waals surface area contributed by atoms with Crippen LogP contribution < -0.4 is 11.5 Å². The van der Waals surface area contributed by atoms with Crippen LogP contribution in [0.3, 0.4) is 0 Å². The number of rotatable bonds is 5. The second-order valence-corrected chi connectivity index (χ2v) is 2.50. The summed E-state index contributed by atoms with van der Waals surface area (Å²) in [6, 6.07) is -0.438. The maximum atomic E-state index is 10.4. The van der Waals surface area contributed by atoms with Gasteiger partial charge in [-0.15, -0.1) is 0 Å². The molecule has 0 aliphatic rings. The van der Waals surface area contributed by atoms with Crippen LogP contribution in [0.4, 0.5) is 0 Å². The minimum atomic E-state index is -0.438. The van der Waals surface area contributed by atoms with Gasteiger partial charge in [0.05, 0.1) is 6.04 Å². The largest absolute Gasteiger partial charge is 0.368 e. The van der Waals surface area contributed by atoms with E-state index in [-0.39, 0.29) is 0 Å². The van der Waals surface area contributed by atoms with Crippen molar-refractivity contribution in [1.29, 1.82) is 0 Å². The predicted molar refractivity (Wildman–Crippen MR) is 41.3 cm³/mol. The van der Waals surface area contributed by atoms with E-state index in [1.54, 1.807) is 0 Å². The standard InChI is InChI=1S/C7H16N2O/c1-2-3-4-5-6(8)7(9)10/h6H,2-5,8H2,1H3,(H2,9,10). The lowest BCUT2D eigenvalue weighted by Gasteiger charge is -2.04. The lowest BCUT2D eigenvalue weighted by Crippen LogP contribution is -2.36. The Bertz CT molecular complexity index is 104. The van der Waals surface area contributed by atoms with Crippen molar-refractivity contribution in [1.82, 2.24) is 0 Å². The van der Waals surface area contributed by atoms with Crippen molar-refractivity contribution >= 4 is 5.91 Å². The van der Waals surface area contributed by atoms with Crippen LogP contribution in [0.25, 0.3) is 0 Å². The molecule has 0 aromatic heterocycles. The molecule has 0 aromatic rings. The van der Waals surface area contributed by atoms with Crippen molar-refractivity contribution in [3.05, 3.63) is 0 Å². The van der Waals surface area contributed by atoms with Crippen LogP contribution in [0.2, 0.25) is 0 Å². The Morgan fingerprint density at radius 3 is 2.50 bits per heavy atom. The monoisotopic (exact) mass is 144 g/mol. The lowest BCUT2D eigenvalue weighted by atomic mass is 10.1. The second-order valence-electron chi connectivity index (χ2n) is 2.50. The van der Waals surface area contributed by atoms with Crippen molar-refractivity contribution in [2.24, 2.45) is 11.5 Å². The van der Waals surface area contributed by atoms with E-state index in [2.05, 4.69) is 6.92 Å². The highest BCUT2D eigenvalue weighted by molar-refractivity contribution is 5.79. The van der Waals surface area contributed by atoms with Crippen LogP contribution in [-0.2, 0) is 4.79 Å². The summed E-state index contributed by atoms with van der Waals surface area (Å²) in [4.78, 5) is 10.4. The molecular formula is C7H16N2O. The molecule has 0 aromatic carbocycles. The number of hydrogen-bond acceptors (Lipinski definition) is 2. The Balaban J connectivity index is 3.21. The predicted octanol–water partition coefficient (Wildman–Crippen LogP) is 0.379. The highest BCUT2D eigenvalue weighted by Gasteiger charge is 2.06. The third-order valence-electron chi connectivity index (χ3n) is 1.48. The zero-order chi connectivity index (χ0) is 7.98. The maximum absolute atomic E-state index is 10.4. The summed E-state index contributed by atoms with van der Waals surface area (Å²) in [6.07, 6.45) is 4.00. The first-order valence-corrected chi connectivity index (χ1v) is 3.73. The van der Waals surface area contributed by atoms with E-state index in [1.807, 2.05) is 0 Å². The number of carbonyl (C=O) groups excluding carboxylic acids is 1. The van der Waals surface area contributed by atoms with E-state index < -0.39 is 11.9 Å². The van der Waals surface area contributed by atoms with Gasteiger partial charge < -0.3 is 11.5 Å². The van der Waals surface area contributed by atoms with Crippen molar-refractivity contribution in [3.8, 4) is 0 Å². The van der Waals surface area contributed by atoms with E-state index in [1.165, 1.54) is 0 Å². The molecule has 0 saturated heterocycles. The molecule has 0 aliphatic carbocycles. The van der Waals surface area contributed by atoms with Gasteiger partial charge in [0.2, 0.25) is 5.91 Å². The van der Waals surface area contributed by atoms with Crippen molar-refractivity contribution in [3.63, 3.8) is 0 Å². The quantitative estimate of drug-likeness (QED) is 0.548. The third kappa shape index (κ3) is 4.32. The Morgan fingerprint density at radius 2 is 2.10 bits per heavy atom. The average molecular weight is 144 g/mol. The van der Waals surface area contributed by atoms with Crippen LogP contribution >= 0.6 is 0 Å². The third-order valence-corrected chi connectivity index (χ3v) is 1.48. The smallest absolute Gasteiger partial charge is 0.234 e. The van der Waals surface area contributed by atoms with Gasteiger partial charge in [0.25, 0.3) is 0 Å². The molecular weight excluding hydrogens is 128 g/mol. The normalized spacial score (nSPS) is 13.0. The van der Waals surface area contributed by atoms with Gasteiger partial charge in [-0.25, -0.2) is 0 Å². The summed E-state index contributed by atoms with van der Waals surface area (Å²) in [5.74, 6) is -0.392. The van der Waals surface area contributed by atoms with E-state index in [4.69, 9.17) is 11.5 Å². The summed E-state index contributed by atoms with van der Waals surface area (Å²) >= 11 is 0. The lowest BCUT2D eigenvalue weighted by molar-refractivity contribution is -0.119. The number of amides is 1. The molecule has 10 heavy (non-hydrogen) atoms. The Morgan fingerprint density at radius 1 is 1.50 bits per heavy atom. The van der Waals surface area contributed by atoms with Gasteiger partial charge in [0.1, 0.15) is 0 Å². The second kappa shape index (κ2) is 5.23. The summed E-state index contributed by atoms with van der Waals surface area (Å²) in [7, 11) is 0. The van der Waals surface area contributed by atoms with Crippen LogP contribution in [0.1, 0.15) is 32.6 Å². The molecule has 0 spiro atoms. The van der Waals surface area contributed by atoms with Crippen molar-refractivity contribution in [2.45, 2.75) is 38.6 Å². The molecule has 3 heteroatoms. The number of unbranched alkanes of at least 4 members (excludes halogenated alkanes) is 2. The Kier molecular flexibility index (Phi) is 4.94. The number of hydrogen-bond donors (Lipinski definition) is 2. The topological polar surface area (TPSA) is 69.1 Å². The summed E-state index contributed by atoms with van der Waals surface area (Å²) in [5, 5.41) is 0. The molecule has 0 saturated carbocycles. The molecule has 3 nitrogen and oxygen atoms in total. The highest BCUT2D eigenvalue weighted by Crippen LogP contribution is 2.00. The zero-order valence-electron chi connectivity index (χ0n) is 6.47. The molecule has 60 valence electrons. The summed E-state index contributed by atoms with van der Waals surface area (Å²) in [6.45, 7) is 2.11. The van der Waals surface area contributed by atoms with Crippen molar-refractivity contribution < 1.29 is 4.79 Å².